The van der Waals surface area contributed by atoms with E-state index in [1.165, 1.54) is 6.08 Å². The molecule has 0 atom stereocenters. The van der Waals surface area contributed by atoms with E-state index in [0.29, 0.717) is 15.7 Å². The summed E-state index contributed by atoms with van der Waals surface area (Å²) >= 11 is 17.0. The number of carbonyl (C=O) groups excluding carboxylic acids is 1. The Morgan fingerprint density at radius 3 is 2.50 bits per heavy atom. The molecular weight excluding hydrogens is 339 g/mol. The van der Waals surface area contributed by atoms with E-state index >= 15 is 0 Å². The van der Waals surface area contributed by atoms with E-state index in [9.17, 15) is 4.79 Å². The Hall–Kier alpha value is -1.88. The number of anilines is 1. The first-order valence-corrected chi connectivity index (χ1v) is 7.52. The zero-order chi connectivity index (χ0) is 15.9. The van der Waals surface area contributed by atoms with Crippen LogP contribution in [0.3, 0.4) is 0 Å². The molecule has 0 spiro atoms. The lowest BCUT2D eigenvalue weighted by molar-refractivity contribution is -0.115. The van der Waals surface area contributed by atoms with Gasteiger partial charge in [-0.3, -0.25) is 10.1 Å². The minimum atomic E-state index is -0.334. The SMILES string of the molecule is O=C(C=Cc1ccccc1)NC(=S)Nc1cccc(Cl)c1Cl. The highest BCUT2D eigenvalue weighted by molar-refractivity contribution is 7.80. The Morgan fingerprint density at radius 2 is 1.77 bits per heavy atom. The van der Waals surface area contributed by atoms with Crippen molar-refractivity contribution < 1.29 is 4.79 Å². The second kappa shape index (κ2) is 7.94. The third kappa shape index (κ3) is 4.84. The van der Waals surface area contributed by atoms with E-state index in [-0.39, 0.29) is 11.0 Å². The fourth-order valence-corrected chi connectivity index (χ4v) is 2.20. The summed E-state index contributed by atoms with van der Waals surface area (Å²) in [6.07, 6.45) is 3.10. The zero-order valence-corrected chi connectivity index (χ0v) is 13.7. The lowest BCUT2D eigenvalue weighted by atomic mass is 10.2. The average Bonchev–Trinajstić information content (AvgIpc) is 2.51. The number of rotatable bonds is 3. The Balaban J connectivity index is 1.93. The number of thiocarbonyl (C=S) groups is 1. The van der Waals surface area contributed by atoms with Crippen LogP contribution < -0.4 is 10.6 Å². The van der Waals surface area contributed by atoms with Gasteiger partial charge in [-0.15, -0.1) is 0 Å². The molecule has 2 aromatic carbocycles. The highest BCUT2D eigenvalue weighted by atomic mass is 35.5. The van der Waals surface area contributed by atoms with Gasteiger partial charge in [-0.25, -0.2) is 0 Å². The number of halogens is 2. The van der Waals surface area contributed by atoms with E-state index < -0.39 is 0 Å². The number of nitrogens with one attached hydrogen (secondary N) is 2. The first kappa shape index (κ1) is 16.5. The van der Waals surface area contributed by atoms with Gasteiger partial charge in [0.25, 0.3) is 0 Å². The lowest BCUT2D eigenvalue weighted by Crippen LogP contribution is -2.32. The summed E-state index contributed by atoms with van der Waals surface area (Å²) < 4.78 is 0. The topological polar surface area (TPSA) is 41.1 Å². The smallest absolute Gasteiger partial charge is 0.250 e. The van der Waals surface area contributed by atoms with E-state index in [1.807, 2.05) is 30.3 Å². The van der Waals surface area contributed by atoms with Crippen molar-refractivity contribution in [3.8, 4) is 0 Å². The molecule has 2 aromatic rings. The maximum Gasteiger partial charge on any atom is 0.250 e. The monoisotopic (exact) mass is 350 g/mol. The molecule has 0 radical (unpaired) electrons. The van der Waals surface area contributed by atoms with Crippen LogP contribution in [-0.4, -0.2) is 11.0 Å². The molecule has 0 aliphatic heterocycles. The van der Waals surface area contributed by atoms with Gasteiger partial charge in [0.15, 0.2) is 5.11 Å². The van der Waals surface area contributed by atoms with Gasteiger partial charge in [0.2, 0.25) is 5.91 Å². The van der Waals surface area contributed by atoms with Gasteiger partial charge in [0.05, 0.1) is 15.7 Å². The second-order valence-corrected chi connectivity index (χ2v) is 5.48. The van der Waals surface area contributed by atoms with Crippen molar-refractivity contribution >= 4 is 58.2 Å². The molecule has 2 N–H and O–H groups in total. The highest BCUT2D eigenvalue weighted by Gasteiger charge is 2.07. The summed E-state index contributed by atoms with van der Waals surface area (Å²) in [5, 5.41) is 6.27. The number of hydrogen-bond acceptors (Lipinski definition) is 2. The van der Waals surface area contributed by atoms with Gasteiger partial charge in [-0.05, 0) is 36.0 Å². The third-order valence-electron chi connectivity index (χ3n) is 2.66. The number of amides is 1. The largest absolute Gasteiger partial charge is 0.331 e. The van der Waals surface area contributed by atoms with Crippen LogP contribution in [0.1, 0.15) is 5.56 Å². The van der Waals surface area contributed by atoms with E-state index in [0.717, 1.165) is 5.56 Å². The summed E-state index contributed by atoms with van der Waals surface area (Å²) in [6, 6.07) is 14.6. The molecule has 0 bridgehead atoms. The van der Waals surface area contributed by atoms with Crippen molar-refractivity contribution in [3.05, 3.63) is 70.2 Å². The Bertz CT molecular complexity index is 717. The van der Waals surface area contributed by atoms with Crippen LogP contribution in [0.4, 0.5) is 5.69 Å². The molecule has 0 aliphatic rings. The summed E-state index contributed by atoms with van der Waals surface area (Å²) in [4.78, 5) is 11.8. The van der Waals surface area contributed by atoms with Crippen molar-refractivity contribution in [2.24, 2.45) is 0 Å². The van der Waals surface area contributed by atoms with E-state index in [2.05, 4.69) is 10.6 Å². The fraction of sp³-hybridized carbons (Fsp3) is 0. The molecule has 1 amide bonds. The van der Waals surface area contributed by atoms with Crippen LogP contribution in [0, 0.1) is 0 Å². The number of hydrogen-bond donors (Lipinski definition) is 2. The molecule has 0 heterocycles. The van der Waals surface area contributed by atoms with Gasteiger partial charge < -0.3 is 5.32 Å². The number of carbonyl (C=O) groups is 1. The van der Waals surface area contributed by atoms with Gasteiger partial charge in [0, 0.05) is 6.08 Å². The first-order valence-electron chi connectivity index (χ1n) is 6.35. The molecule has 3 nitrogen and oxygen atoms in total. The van der Waals surface area contributed by atoms with Crippen LogP contribution in [-0.2, 0) is 4.79 Å². The maximum absolute atomic E-state index is 11.8. The fourth-order valence-electron chi connectivity index (χ4n) is 1.64. The standard InChI is InChI=1S/C16H12Cl2N2OS/c17-12-7-4-8-13(15(12)18)19-16(22)20-14(21)10-9-11-5-2-1-3-6-11/h1-10H,(H2,19,20,21,22). The number of benzene rings is 2. The van der Waals surface area contributed by atoms with Gasteiger partial charge in [-0.1, -0.05) is 59.6 Å². The van der Waals surface area contributed by atoms with E-state index in [4.69, 9.17) is 35.4 Å². The summed E-state index contributed by atoms with van der Waals surface area (Å²) in [6.45, 7) is 0. The summed E-state index contributed by atoms with van der Waals surface area (Å²) in [7, 11) is 0. The van der Waals surface area contributed by atoms with Crippen LogP contribution in [0.5, 0.6) is 0 Å². The van der Waals surface area contributed by atoms with E-state index in [1.54, 1.807) is 24.3 Å². The Morgan fingerprint density at radius 1 is 1.05 bits per heavy atom. The molecule has 0 unspecified atom stereocenters. The molecule has 112 valence electrons. The highest BCUT2D eigenvalue weighted by Crippen LogP contribution is 2.29. The molecule has 6 heteroatoms. The first-order chi connectivity index (χ1) is 10.6. The zero-order valence-electron chi connectivity index (χ0n) is 11.3. The predicted octanol–water partition coefficient (Wildman–Crippen LogP) is 4.52. The van der Waals surface area contributed by atoms with Crippen molar-refractivity contribution in [1.29, 1.82) is 0 Å². The van der Waals surface area contributed by atoms with Crippen molar-refractivity contribution in [2.75, 3.05) is 5.32 Å². The summed E-state index contributed by atoms with van der Waals surface area (Å²) in [5.74, 6) is -0.334. The minimum absolute atomic E-state index is 0.145. The predicted molar refractivity (Wildman–Crippen MR) is 96.3 cm³/mol. The molecule has 0 aromatic heterocycles. The van der Waals surface area contributed by atoms with Crippen LogP contribution in [0.2, 0.25) is 10.0 Å². The third-order valence-corrected chi connectivity index (χ3v) is 3.69. The van der Waals surface area contributed by atoms with Crippen molar-refractivity contribution in [2.45, 2.75) is 0 Å². The molecule has 0 saturated heterocycles. The maximum atomic E-state index is 11.8. The molecule has 2 rings (SSSR count). The van der Waals surface area contributed by atoms with Crippen molar-refractivity contribution in [1.82, 2.24) is 5.32 Å². The van der Waals surface area contributed by atoms with Crippen LogP contribution in [0.25, 0.3) is 6.08 Å². The minimum Gasteiger partial charge on any atom is -0.331 e. The second-order valence-electron chi connectivity index (χ2n) is 4.29. The Kier molecular flexibility index (Phi) is 5.95. The van der Waals surface area contributed by atoms with Crippen LogP contribution >= 0.6 is 35.4 Å². The molecular formula is C16H12Cl2N2OS. The average molecular weight is 351 g/mol. The normalized spacial score (nSPS) is 10.5. The quantitative estimate of drug-likeness (QED) is 0.631. The van der Waals surface area contributed by atoms with Gasteiger partial charge in [-0.2, -0.15) is 0 Å². The summed E-state index contributed by atoms with van der Waals surface area (Å²) in [5.41, 5.74) is 1.46. The molecule has 0 saturated carbocycles. The molecule has 22 heavy (non-hydrogen) atoms. The van der Waals surface area contributed by atoms with Gasteiger partial charge >= 0.3 is 0 Å². The lowest BCUT2D eigenvalue weighted by Gasteiger charge is -2.10. The Labute approximate surface area is 143 Å². The molecule has 0 aliphatic carbocycles. The van der Waals surface area contributed by atoms with Gasteiger partial charge in [0.1, 0.15) is 0 Å². The molecule has 0 fully saturated rings. The van der Waals surface area contributed by atoms with Crippen LogP contribution in [0.15, 0.2) is 54.6 Å². The van der Waals surface area contributed by atoms with Crippen molar-refractivity contribution in [3.63, 3.8) is 0 Å².